The predicted molar refractivity (Wildman–Crippen MR) is 153 cm³/mol. The van der Waals surface area contributed by atoms with Gasteiger partial charge in [0.2, 0.25) is 0 Å². The molecule has 0 saturated carbocycles. The zero-order valence-corrected chi connectivity index (χ0v) is 21.5. The van der Waals surface area contributed by atoms with Crippen LogP contribution in [0.15, 0.2) is 144 Å². The van der Waals surface area contributed by atoms with Crippen molar-refractivity contribution in [3.63, 3.8) is 0 Å². The monoisotopic (exact) mass is 522 g/mol. The third kappa shape index (κ3) is 4.32. The Labute approximate surface area is 211 Å². The number of benzene rings is 5. The van der Waals surface area contributed by atoms with Gasteiger partial charge in [-0.3, -0.25) is 0 Å². The molecule has 0 N–H and O–H groups in total. The largest absolute Gasteiger partial charge is 0.307 e. The van der Waals surface area contributed by atoms with Crippen molar-refractivity contribution in [3.8, 4) is 0 Å². The standard InChI is InChI=1S/C31H26BrNP/c1-34(28-15-7-3-8-16-28,29-17-9-4-10-18-29)31-20-12-11-19-30(31)33(26-13-5-2-6-14-26)27-23-21-25(32)22-24-27/h2-24H,1H3/q+1. The van der Waals surface area contributed by atoms with Crippen LogP contribution >= 0.6 is 23.2 Å². The summed E-state index contributed by atoms with van der Waals surface area (Å²) in [4.78, 5) is 2.38. The highest BCUT2D eigenvalue weighted by Gasteiger charge is 2.43. The van der Waals surface area contributed by atoms with Crippen LogP contribution in [0.4, 0.5) is 17.1 Å². The van der Waals surface area contributed by atoms with Gasteiger partial charge < -0.3 is 4.90 Å². The zero-order valence-electron chi connectivity index (χ0n) is 19.1. The van der Waals surface area contributed by atoms with Gasteiger partial charge in [-0.15, -0.1) is 0 Å². The maximum absolute atomic E-state index is 3.60. The first-order valence-electron chi connectivity index (χ1n) is 11.4. The Hall–Kier alpha value is -3.19. The van der Waals surface area contributed by atoms with Gasteiger partial charge in [0.25, 0.3) is 0 Å². The summed E-state index contributed by atoms with van der Waals surface area (Å²) in [5.41, 5.74) is 3.49. The van der Waals surface area contributed by atoms with Crippen LogP contribution < -0.4 is 20.8 Å². The first-order chi connectivity index (χ1) is 16.7. The van der Waals surface area contributed by atoms with E-state index in [0.717, 1.165) is 15.8 Å². The molecule has 0 aliphatic rings. The minimum atomic E-state index is -1.92. The minimum Gasteiger partial charge on any atom is -0.307 e. The molecule has 0 spiro atoms. The second-order valence-electron chi connectivity index (χ2n) is 8.31. The van der Waals surface area contributed by atoms with E-state index in [1.165, 1.54) is 21.6 Å². The van der Waals surface area contributed by atoms with Crippen LogP contribution in [-0.4, -0.2) is 6.66 Å². The Morgan fingerprint density at radius 2 is 0.941 bits per heavy atom. The lowest BCUT2D eigenvalue weighted by Gasteiger charge is -2.31. The molecule has 0 aromatic heterocycles. The molecule has 1 nitrogen and oxygen atoms in total. The number of anilines is 3. The fraction of sp³-hybridized carbons (Fsp3) is 0.0323. The normalized spacial score (nSPS) is 11.2. The lowest BCUT2D eigenvalue weighted by Crippen LogP contribution is -2.33. The van der Waals surface area contributed by atoms with Crippen LogP contribution in [0.2, 0.25) is 0 Å². The summed E-state index contributed by atoms with van der Waals surface area (Å²) in [6, 6.07) is 50.1. The first-order valence-corrected chi connectivity index (χ1v) is 14.4. The predicted octanol–water partition coefficient (Wildman–Crippen LogP) is 7.84. The number of hydrogen-bond acceptors (Lipinski definition) is 1. The van der Waals surface area contributed by atoms with Crippen molar-refractivity contribution in [2.45, 2.75) is 0 Å². The lowest BCUT2D eigenvalue weighted by molar-refractivity contribution is 1.29. The minimum absolute atomic E-state index is 1.07. The van der Waals surface area contributed by atoms with Crippen molar-refractivity contribution < 1.29 is 0 Å². The van der Waals surface area contributed by atoms with Gasteiger partial charge in [0.15, 0.2) is 0 Å². The lowest BCUT2D eigenvalue weighted by atomic mass is 10.2. The van der Waals surface area contributed by atoms with Gasteiger partial charge in [-0.1, -0.05) is 82.7 Å². The molecule has 0 aliphatic heterocycles. The van der Waals surface area contributed by atoms with Gasteiger partial charge >= 0.3 is 0 Å². The maximum Gasteiger partial charge on any atom is 0.128 e. The van der Waals surface area contributed by atoms with E-state index in [1.54, 1.807) is 0 Å². The Morgan fingerprint density at radius 1 is 0.500 bits per heavy atom. The van der Waals surface area contributed by atoms with Crippen molar-refractivity contribution >= 4 is 56.2 Å². The number of rotatable bonds is 6. The molecule has 0 atom stereocenters. The molecule has 34 heavy (non-hydrogen) atoms. The van der Waals surface area contributed by atoms with E-state index < -0.39 is 7.26 Å². The average Bonchev–Trinajstić information content (AvgIpc) is 2.91. The maximum atomic E-state index is 3.60. The van der Waals surface area contributed by atoms with Crippen molar-refractivity contribution in [3.05, 3.63) is 144 Å². The van der Waals surface area contributed by atoms with Gasteiger partial charge in [0.05, 0.1) is 12.4 Å². The summed E-state index contributed by atoms with van der Waals surface area (Å²) in [6.07, 6.45) is 0. The molecule has 0 heterocycles. The van der Waals surface area contributed by atoms with E-state index in [9.17, 15) is 0 Å². The molecule has 0 radical (unpaired) electrons. The quantitative estimate of drug-likeness (QED) is 0.205. The highest BCUT2D eigenvalue weighted by Crippen LogP contribution is 2.54. The number of hydrogen-bond donors (Lipinski definition) is 0. The van der Waals surface area contributed by atoms with Crippen LogP contribution in [-0.2, 0) is 0 Å². The van der Waals surface area contributed by atoms with Crippen LogP contribution in [0, 0.1) is 0 Å². The zero-order chi connectivity index (χ0) is 23.4. The molecule has 0 bridgehead atoms. The molecule has 166 valence electrons. The van der Waals surface area contributed by atoms with Gasteiger partial charge in [-0.25, -0.2) is 0 Å². The molecule has 3 heteroatoms. The van der Waals surface area contributed by atoms with Crippen LogP contribution in [0.1, 0.15) is 0 Å². The summed E-state index contributed by atoms with van der Waals surface area (Å²) in [7, 11) is -1.92. The Balaban J connectivity index is 1.79. The van der Waals surface area contributed by atoms with Crippen LogP contribution in [0.3, 0.4) is 0 Å². The molecular formula is C31H26BrNP+. The van der Waals surface area contributed by atoms with E-state index in [2.05, 4.69) is 167 Å². The molecule has 0 fully saturated rings. The van der Waals surface area contributed by atoms with E-state index >= 15 is 0 Å². The second kappa shape index (κ2) is 9.97. The fourth-order valence-electron chi connectivity index (χ4n) is 4.51. The van der Waals surface area contributed by atoms with Gasteiger partial charge in [0.1, 0.15) is 23.2 Å². The summed E-state index contributed by atoms with van der Waals surface area (Å²) in [5.74, 6) is 0. The van der Waals surface area contributed by atoms with E-state index in [4.69, 9.17) is 0 Å². The Kier molecular flexibility index (Phi) is 6.63. The summed E-state index contributed by atoms with van der Waals surface area (Å²) in [5, 5.41) is 4.11. The van der Waals surface area contributed by atoms with Gasteiger partial charge in [-0.2, -0.15) is 0 Å². The molecule has 0 aliphatic carbocycles. The summed E-state index contributed by atoms with van der Waals surface area (Å²) < 4.78 is 1.07. The smallest absolute Gasteiger partial charge is 0.128 e. The summed E-state index contributed by atoms with van der Waals surface area (Å²) >= 11 is 3.60. The second-order valence-corrected chi connectivity index (χ2v) is 12.8. The molecule has 0 amide bonds. The van der Waals surface area contributed by atoms with E-state index in [1.807, 2.05) is 0 Å². The molecule has 5 aromatic rings. The number of halogens is 1. The Bertz CT molecular complexity index is 1310. The van der Waals surface area contributed by atoms with Crippen molar-refractivity contribution in [1.82, 2.24) is 0 Å². The molecule has 0 unspecified atom stereocenters. The van der Waals surface area contributed by atoms with Gasteiger partial charge in [-0.05, 0) is 72.8 Å². The highest BCUT2D eigenvalue weighted by atomic mass is 79.9. The molecule has 0 saturated heterocycles. The SMILES string of the molecule is C[P+](c1ccccc1)(c1ccccc1)c1ccccc1N(c1ccccc1)c1ccc(Br)cc1. The molecule has 5 aromatic carbocycles. The van der Waals surface area contributed by atoms with Crippen LogP contribution in [0.5, 0.6) is 0 Å². The first kappa shape index (κ1) is 22.6. The fourth-order valence-corrected chi connectivity index (χ4v) is 8.18. The third-order valence-corrected chi connectivity index (χ3v) is 10.8. The van der Waals surface area contributed by atoms with Crippen molar-refractivity contribution in [2.75, 3.05) is 11.6 Å². The number of para-hydroxylation sites is 2. The average molecular weight is 523 g/mol. The van der Waals surface area contributed by atoms with E-state index in [-0.39, 0.29) is 0 Å². The van der Waals surface area contributed by atoms with Crippen molar-refractivity contribution in [2.24, 2.45) is 0 Å². The van der Waals surface area contributed by atoms with Crippen molar-refractivity contribution in [1.29, 1.82) is 0 Å². The van der Waals surface area contributed by atoms with Gasteiger partial charge in [0, 0.05) is 15.8 Å². The Morgan fingerprint density at radius 3 is 1.50 bits per heavy atom. The topological polar surface area (TPSA) is 3.24 Å². The van der Waals surface area contributed by atoms with Crippen LogP contribution in [0.25, 0.3) is 0 Å². The number of nitrogens with zero attached hydrogens (tertiary/aromatic N) is 1. The molecule has 5 rings (SSSR count). The van der Waals surface area contributed by atoms with E-state index in [0.29, 0.717) is 0 Å². The summed E-state index contributed by atoms with van der Waals surface area (Å²) in [6.45, 7) is 2.45. The third-order valence-electron chi connectivity index (χ3n) is 6.25. The molecular weight excluding hydrogens is 497 g/mol. The highest BCUT2D eigenvalue weighted by molar-refractivity contribution is 9.10.